The number of nitrogens with one attached hydrogen (secondary N) is 1. The summed E-state index contributed by atoms with van der Waals surface area (Å²) in [5, 5.41) is 3.54. The second-order valence-corrected chi connectivity index (χ2v) is 6.04. The number of halogens is 1. The second-order valence-electron chi connectivity index (χ2n) is 5.19. The summed E-state index contributed by atoms with van der Waals surface area (Å²) in [6.07, 6.45) is 2.53. The summed E-state index contributed by atoms with van der Waals surface area (Å²) >= 11 is 3.62. The molecule has 18 heavy (non-hydrogen) atoms. The van der Waals surface area contributed by atoms with Crippen molar-refractivity contribution in [2.75, 3.05) is 31.1 Å². The van der Waals surface area contributed by atoms with E-state index in [1.165, 1.54) is 41.7 Å². The van der Waals surface area contributed by atoms with Crippen LogP contribution in [0.15, 0.2) is 22.7 Å². The molecule has 100 valence electrons. The zero-order chi connectivity index (χ0) is 13.0. The zero-order valence-corrected chi connectivity index (χ0v) is 13.0. The van der Waals surface area contributed by atoms with Crippen molar-refractivity contribution < 1.29 is 0 Å². The van der Waals surface area contributed by atoms with Crippen LogP contribution in [0.1, 0.15) is 25.3 Å². The van der Waals surface area contributed by atoms with Crippen LogP contribution < -0.4 is 10.2 Å². The quantitative estimate of drug-likeness (QED) is 0.836. The van der Waals surface area contributed by atoms with Crippen LogP contribution in [0.4, 0.5) is 5.69 Å². The van der Waals surface area contributed by atoms with Gasteiger partial charge in [-0.05, 0) is 56.5 Å². The van der Waals surface area contributed by atoms with Crippen LogP contribution in [-0.4, -0.2) is 26.2 Å². The van der Waals surface area contributed by atoms with Gasteiger partial charge in [0.15, 0.2) is 0 Å². The largest absolute Gasteiger partial charge is 0.371 e. The predicted molar refractivity (Wildman–Crippen MR) is 82.4 cm³/mol. The summed E-state index contributed by atoms with van der Waals surface area (Å²) in [5.74, 6) is 0.801. The molecule has 2 nitrogen and oxygen atoms in total. The van der Waals surface area contributed by atoms with E-state index in [1.807, 2.05) is 0 Å². The summed E-state index contributed by atoms with van der Waals surface area (Å²) in [4.78, 5) is 2.53. The van der Waals surface area contributed by atoms with Gasteiger partial charge in [0, 0.05) is 23.2 Å². The van der Waals surface area contributed by atoms with Crippen molar-refractivity contribution in [3.05, 3.63) is 28.2 Å². The Morgan fingerprint density at radius 3 is 3.06 bits per heavy atom. The van der Waals surface area contributed by atoms with E-state index in [4.69, 9.17) is 0 Å². The zero-order valence-electron chi connectivity index (χ0n) is 11.4. The van der Waals surface area contributed by atoms with Crippen LogP contribution in [0.5, 0.6) is 0 Å². The SMILES string of the molecule is CCCNCC1CCN(c2cccc(Br)c2C)C1. The molecule has 0 radical (unpaired) electrons. The molecule has 1 saturated heterocycles. The first-order chi connectivity index (χ1) is 8.72. The molecule has 1 N–H and O–H groups in total. The molecule has 1 aromatic carbocycles. The number of nitrogens with zero attached hydrogens (tertiary/aromatic N) is 1. The fourth-order valence-corrected chi connectivity index (χ4v) is 3.00. The first kappa shape index (κ1) is 13.9. The number of hydrogen-bond acceptors (Lipinski definition) is 2. The summed E-state index contributed by atoms with van der Waals surface area (Å²) < 4.78 is 1.22. The predicted octanol–water partition coefficient (Wildman–Crippen LogP) is 3.58. The number of anilines is 1. The van der Waals surface area contributed by atoms with Crippen molar-refractivity contribution >= 4 is 21.6 Å². The Bertz CT molecular complexity index is 392. The molecule has 0 aromatic heterocycles. The summed E-state index contributed by atoms with van der Waals surface area (Å²) in [7, 11) is 0. The second kappa shape index (κ2) is 6.58. The van der Waals surface area contributed by atoms with Gasteiger partial charge in [-0.3, -0.25) is 0 Å². The Kier molecular flexibility index (Phi) is 5.07. The Balaban J connectivity index is 1.94. The minimum absolute atomic E-state index is 0.801. The highest BCUT2D eigenvalue weighted by Gasteiger charge is 2.23. The number of hydrogen-bond donors (Lipinski definition) is 1. The normalized spacial score (nSPS) is 19.5. The molecule has 1 atom stereocenters. The molecule has 1 aliphatic rings. The van der Waals surface area contributed by atoms with E-state index in [0.29, 0.717) is 0 Å². The van der Waals surface area contributed by atoms with Crippen molar-refractivity contribution in [3.8, 4) is 0 Å². The Hall–Kier alpha value is -0.540. The molecule has 3 heteroatoms. The van der Waals surface area contributed by atoms with Gasteiger partial charge in [-0.1, -0.05) is 28.9 Å². The maximum atomic E-state index is 3.62. The standard InChI is InChI=1S/C15H23BrN2/c1-3-8-17-10-13-7-9-18(11-13)15-6-4-5-14(16)12(15)2/h4-6,13,17H,3,7-11H2,1-2H3. The molecule has 0 spiro atoms. The molecule has 1 unspecified atom stereocenters. The van der Waals surface area contributed by atoms with Crippen molar-refractivity contribution in [3.63, 3.8) is 0 Å². The van der Waals surface area contributed by atoms with Crippen molar-refractivity contribution in [2.45, 2.75) is 26.7 Å². The molecule has 1 aliphatic heterocycles. The van der Waals surface area contributed by atoms with Crippen molar-refractivity contribution in [1.82, 2.24) is 5.32 Å². The van der Waals surface area contributed by atoms with Gasteiger partial charge in [0.25, 0.3) is 0 Å². The van der Waals surface area contributed by atoms with Crippen LogP contribution in [0, 0.1) is 12.8 Å². The fourth-order valence-electron chi connectivity index (χ4n) is 2.64. The van der Waals surface area contributed by atoms with E-state index in [1.54, 1.807) is 0 Å². The smallest absolute Gasteiger partial charge is 0.0407 e. The van der Waals surface area contributed by atoms with Gasteiger partial charge >= 0.3 is 0 Å². The van der Waals surface area contributed by atoms with E-state index in [9.17, 15) is 0 Å². The highest BCUT2D eigenvalue weighted by atomic mass is 79.9. The van der Waals surface area contributed by atoms with Crippen molar-refractivity contribution in [1.29, 1.82) is 0 Å². The van der Waals surface area contributed by atoms with Gasteiger partial charge in [0.05, 0.1) is 0 Å². The average molecular weight is 311 g/mol. The van der Waals surface area contributed by atoms with E-state index in [2.05, 4.69) is 58.2 Å². The number of benzene rings is 1. The highest BCUT2D eigenvalue weighted by Crippen LogP contribution is 2.30. The van der Waals surface area contributed by atoms with Gasteiger partial charge in [-0.25, -0.2) is 0 Å². The van der Waals surface area contributed by atoms with E-state index in [-0.39, 0.29) is 0 Å². The molecule has 1 aromatic rings. The molecular weight excluding hydrogens is 288 g/mol. The van der Waals surface area contributed by atoms with E-state index >= 15 is 0 Å². The van der Waals surface area contributed by atoms with Gasteiger partial charge in [0.1, 0.15) is 0 Å². The Morgan fingerprint density at radius 2 is 2.28 bits per heavy atom. The van der Waals surface area contributed by atoms with Crippen LogP contribution in [0.25, 0.3) is 0 Å². The minimum atomic E-state index is 0.801. The van der Waals surface area contributed by atoms with E-state index < -0.39 is 0 Å². The fraction of sp³-hybridized carbons (Fsp3) is 0.600. The van der Waals surface area contributed by atoms with Crippen LogP contribution in [0.2, 0.25) is 0 Å². The summed E-state index contributed by atoms with van der Waals surface area (Å²) in [6.45, 7) is 9.11. The lowest BCUT2D eigenvalue weighted by Gasteiger charge is -2.21. The Morgan fingerprint density at radius 1 is 1.44 bits per heavy atom. The maximum absolute atomic E-state index is 3.62. The van der Waals surface area contributed by atoms with Gasteiger partial charge < -0.3 is 10.2 Å². The molecule has 0 aliphatic carbocycles. The Labute approximate surface area is 119 Å². The van der Waals surface area contributed by atoms with Crippen LogP contribution in [0.3, 0.4) is 0 Å². The molecular formula is C15H23BrN2. The first-order valence-corrected chi connectivity index (χ1v) is 7.72. The highest BCUT2D eigenvalue weighted by molar-refractivity contribution is 9.10. The molecule has 1 heterocycles. The van der Waals surface area contributed by atoms with Crippen molar-refractivity contribution in [2.24, 2.45) is 5.92 Å². The molecule has 0 bridgehead atoms. The van der Waals surface area contributed by atoms with Gasteiger partial charge in [0.2, 0.25) is 0 Å². The molecule has 0 amide bonds. The lowest BCUT2D eigenvalue weighted by atomic mass is 10.1. The van der Waals surface area contributed by atoms with Gasteiger partial charge in [-0.2, -0.15) is 0 Å². The van der Waals surface area contributed by atoms with Crippen LogP contribution >= 0.6 is 15.9 Å². The third-order valence-electron chi connectivity index (χ3n) is 3.73. The maximum Gasteiger partial charge on any atom is 0.0407 e. The third kappa shape index (κ3) is 3.27. The minimum Gasteiger partial charge on any atom is -0.371 e. The lowest BCUT2D eigenvalue weighted by Crippen LogP contribution is -2.27. The summed E-state index contributed by atoms with van der Waals surface area (Å²) in [5.41, 5.74) is 2.75. The topological polar surface area (TPSA) is 15.3 Å². The monoisotopic (exact) mass is 310 g/mol. The number of rotatable bonds is 5. The molecule has 0 saturated carbocycles. The molecule has 2 rings (SSSR count). The average Bonchev–Trinajstić information content (AvgIpc) is 2.82. The lowest BCUT2D eigenvalue weighted by molar-refractivity contribution is 0.516. The van der Waals surface area contributed by atoms with Crippen LogP contribution in [-0.2, 0) is 0 Å². The van der Waals surface area contributed by atoms with E-state index in [0.717, 1.165) is 19.0 Å². The summed E-state index contributed by atoms with van der Waals surface area (Å²) in [6, 6.07) is 6.49. The molecule has 1 fully saturated rings. The first-order valence-electron chi connectivity index (χ1n) is 6.93. The third-order valence-corrected chi connectivity index (χ3v) is 4.58. The van der Waals surface area contributed by atoms with Gasteiger partial charge in [-0.15, -0.1) is 0 Å².